The van der Waals surface area contributed by atoms with Crippen molar-refractivity contribution in [1.82, 2.24) is 44.9 Å². The Morgan fingerprint density at radius 1 is 0.205 bits per heavy atom. The first-order valence-corrected chi connectivity index (χ1v) is 32.6. The zero-order valence-electron chi connectivity index (χ0n) is 56.6. The molecule has 0 fully saturated rings. The van der Waals surface area contributed by atoms with Gasteiger partial charge in [-0.15, -0.1) is 0 Å². The van der Waals surface area contributed by atoms with E-state index in [4.69, 9.17) is 0 Å². The molecule has 0 aliphatic carbocycles. The van der Waals surface area contributed by atoms with Gasteiger partial charge >= 0.3 is 20.1 Å². The van der Waals surface area contributed by atoms with Crippen LogP contribution in [0, 0.1) is 69.8 Å². The molecule has 15 rings (SSSR count). The first-order valence-electron chi connectivity index (χ1n) is 32.6. The van der Waals surface area contributed by atoms with Crippen LogP contribution in [0.3, 0.4) is 0 Å². The number of carbonyl (C=O) groups excluding carboxylic acids is 3. The molecule has 0 saturated carbocycles. The van der Waals surface area contributed by atoms with Crippen molar-refractivity contribution in [3.8, 4) is 134 Å². The molecule has 0 atom stereocenters. The molecule has 9 aromatic heterocycles. The molecule has 0 N–H and O–H groups in total. The predicted molar refractivity (Wildman–Crippen MR) is 377 cm³/mol. The predicted octanol–water partition coefficient (Wildman–Crippen LogP) is 16.4. The van der Waals surface area contributed by atoms with Crippen molar-refractivity contribution in [3.05, 3.63) is 343 Å². The van der Waals surface area contributed by atoms with E-state index in [1.165, 1.54) is 147 Å². The molecule has 552 valence electrons. The molecule has 0 aliphatic rings. The van der Waals surface area contributed by atoms with Gasteiger partial charge in [0.2, 0.25) is 0 Å². The van der Waals surface area contributed by atoms with Crippen molar-refractivity contribution in [2.24, 2.45) is 0 Å². The number of aromatic carboxylic acids is 3. The van der Waals surface area contributed by atoms with E-state index in [9.17, 15) is 82.4 Å². The molecule has 0 aliphatic heterocycles. The number of aromatic nitrogens is 9. The summed E-state index contributed by atoms with van der Waals surface area (Å²) in [6, 6.07) is 40.8. The van der Waals surface area contributed by atoms with Crippen LogP contribution in [-0.2, 0) is 20.1 Å². The van der Waals surface area contributed by atoms with Crippen LogP contribution >= 0.6 is 0 Å². The maximum absolute atomic E-state index is 14.8. The fourth-order valence-corrected chi connectivity index (χ4v) is 12.4. The second-order valence-electron chi connectivity index (χ2n) is 23.8. The monoisotopic (exact) mass is 1690 g/mol. The van der Waals surface area contributed by atoms with Crippen LogP contribution in [-0.4, -0.2) is 62.8 Å². The van der Waals surface area contributed by atoms with Crippen LogP contribution in [0.2, 0.25) is 0 Å². The van der Waals surface area contributed by atoms with Gasteiger partial charge in [-0.05, 0) is 144 Å². The van der Waals surface area contributed by atoms with Gasteiger partial charge in [0, 0.05) is 176 Å². The van der Waals surface area contributed by atoms with E-state index < -0.39 is 105 Å². The number of nitrogens with zero attached hydrogens (tertiary/aromatic N) is 9. The molecule has 0 bridgehead atoms. The van der Waals surface area contributed by atoms with Crippen LogP contribution < -0.4 is 15.3 Å². The zero-order chi connectivity index (χ0) is 78.3. The molecule has 0 amide bonds. The summed E-state index contributed by atoms with van der Waals surface area (Å²) >= 11 is 0. The summed E-state index contributed by atoms with van der Waals surface area (Å²) in [6.45, 7) is 0. The third-order valence-corrected chi connectivity index (χ3v) is 17.1. The summed E-state index contributed by atoms with van der Waals surface area (Å²) in [5.41, 5.74) is 0.757. The number of carboxylic acids is 3. The van der Waals surface area contributed by atoms with E-state index >= 15 is 0 Å². The second-order valence-corrected chi connectivity index (χ2v) is 23.8. The third-order valence-electron chi connectivity index (χ3n) is 17.1. The molecular formula is C84H42F12IrN9O6. The Morgan fingerprint density at radius 2 is 0.384 bits per heavy atom. The Hall–Kier alpha value is -14.1. The summed E-state index contributed by atoms with van der Waals surface area (Å²) in [4.78, 5) is 73.8. The van der Waals surface area contributed by atoms with Gasteiger partial charge in [0.1, 0.15) is 69.8 Å². The van der Waals surface area contributed by atoms with Gasteiger partial charge in [0.15, 0.2) is 0 Å². The van der Waals surface area contributed by atoms with Crippen molar-refractivity contribution in [3.63, 3.8) is 0 Å². The fourth-order valence-electron chi connectivity index (χ4n) is 12.4. The van der Waals surface area contributed by atoms with Crippen LogP contribution in [0.1, 0.15) is 31.5 Å². The van der Waals surface area contributed by atoms with Crippen molar-refractivity contribution in [2.75, 3.05) is 0 Å². The van der Waals surface area contributed by atoms with Gasteiger partial charge in [-0.3, -0.25) is 44.9 Å². The first-order chi connectivity index (χ1) is 53.5. The standard InChI is InChI=1S/3C28H15F4N3O2.Ir/c3*29-15-5-7-19(22(31)13-15)25-18(3-1-10-33-25)17-9-12-35-27(28(36)37)24(17)21-4-2-11-34-26(21)20-8-6-16(30)14-23(20)32;/h3*1-14H,(H,36,37);/q;;;+3/p-3. The molecule has 15 nitrogen and oxygen atoms in total. The molecule has 0 radical (unpaired) electrons. The van der Waals surface area contributed by atoms with Crippen LogP contribution in [0.15, 0.2) is 256 Å². The summed E-state index contributed by atoms with van der Waals surface area (Å²) in [7, 11) is 0. The molecular weight excluding hydrogens is 1650 g/mol. The molecule has 112 heavy (non-hydrogen) atoms. The Bertz CT molecular complexity index is 5620. The van der Waals surface area contributed by atoms with E-state index in [0.29, 0.717) is 53.1 Å². The van der Waals surface area contributed by atoms with Gasteiger partial charge in [-0.2, -0.15) is 0 Å². The van der Waals surface area contributed by atoms with Crippen molar-refractivity contribution in [2.45, 2.75) is 0 Å². The van der Waals surface area contributed by atoms with E-state index in [0.717, 1.165) is 36.4 Å². The zero-order valence-corrected chi connectivity index (χ0v) is 59.0. The Balaban J connectivity index is 0.000000155. The smallest absolute Gasteiger partial charge is 0.543 e. The number of carbonyl (C=O) groups is 3. The molecule has 28 heteroatoms. The van der Waals surface area contributed by atoms with Crippen molar-refractivity contribution >= 4 is 17.9 Å². The van der Waals surface area contributed by atoms with Gasteiger partial charge in [-0.1, -0.05) is 36.4 Å². The molecule has 6 aromatic carbocycles. The number of hydrogen-bond donors (Lipinski definition) is 0. The fraction of sp³-hybridized carbons (Fsp3) is 0. The number of pyridine rings is 9. The summed E-state index contributed by atoms with van der Waals surface area (Å²) in [5, 5.41) is 36.4. The molecule has 15 aromatic rings. The van der Waals surface area contributed by atoms with Crippen molar-refractivity contribution in [1.29, 1.82) is 0 Å². The van der Waals surface area contributed by atoms with Crippen LogP contribution in [0.4, 0.5) is 52.7 Å². The minimum absolute atomic E-state index is 0. The summed E-state index contributed by atoms with van der Waals surface area (Å²) in [6.07, 6.45) is 12.0. The third kappa shape index (κ3) is 16.1. The molecule has 0 unspecified atom stereocenters. The molecule has 0 spiro atoms. The minimum atomic E-state index is -1.62. The molecule has 9 heterocycles. The normalized spacial score (nSPS) is 10.8. The Morgan fingerprint density at radius 3 is 0.562 bits per heavy atom. The number of carboxylic acid groups (broad SMARTS) is 3. The Kier molecular flexibility index (Phi) is 23.2. The number of hydrogen-bond acceptors (Lipinski definition) is 15. The average Bonchev–Trinajstić information content (AvgIpc) is 0.765. The minimum Gasteiger partial charge on any atom is -0.543 e. The quantitative estimate of drug-likeness (QED) is 0.0868. The van der Waals surface area contributed by atoms with Crippen LogP contribution in [0.25, 0.3) is 134 Å². The van der Waals surface area contributed by atoms with Crippen molar-refractivity contribution < 1.29 is 102 Å². The van der Waals surface area contributed by atoms with Gasteiger partial charge in [-0.25, -0.2) is 52.7 Å². The first kappa shape index (κ1) is 77.5. The second kappa shape index (κ2) is 33.6. The maximum Gasteiger partial charge on any atom is 3.00 e. The number of halogens is 12. The van der Waals surface area contributed by atoms with E-state index in [-0.39, 0.29) is 138 Å². The SMILES string of the molecule is O=C([O-])c1nccc(-c2cccnc2-c2ccc(F)cc2F)c1-c1cccnc1-c1ccc(F)cc1F.O=C([O-])c1nccc(-c2cccnc2-c2ccc(F)cc2F)c1-c1cccnc1-c1ccc(F)cc1F.O=C([O-])c1nccc(-c2cccnc2-c2ccc(F)cc2F)c1-c1cccnc1-c1ccc(F)cc1F.[Ir+3]. The van der Waals surface area contributed by atoms with E-state index in [1.807, 2.05) is 0 Å². The summed E-state index contributed by atoms with van der Waals surface area (Å²) < 4.78 is 170. The topological polar surface area (TPSA) is 236 Å². The molecule has 0 saturated heterocycles. The van der Waals surface area contributed by atoms with Crippen LogP contribution in [0.5, 0.6) is 0 Å². The Labute approximate surface area is 639 Å². The van der Waals surface area contributed by atoms with Gasteiger partial charge < -0.3 is 29.7 Å². The van der Waals surface area contributed by atoms with E-state index in [1.54, 1.807) is 36.4 Å². The van der Waals surface area contributed by atoms with E-state index in [2.05, 4.69) is 44.9 Å². The average molecular weight is 1690 g/mol. The number of rotatable bonds is 15. The van der Waals surface area contributed by atoms with Gasteiger partial charge in [0.25, 0.3) is 0 Å². The summed E-state index contributed by atoms with van der Waals surface area (Å²) in [5.74, 6) is -14.9. The maximum atomic E-state index is 14.8. The largest absolute Gasteiger partial charge is 3.00 e. The number of benzene rings is 6. The van der Waals surface area contributed by atoms with Gasteiger partial charge in [0.05, 0.1) is 69.2 Å².